The largest absolute Gasteiger partial charge is 0.421 e. The Bertz CT molecular complexity index is 1050. The number of hydrogen-bond donors (Lipinski definition) is 1. The molecule has 1 fully saturated rings. The van der Waals surface area contributed by atoms with Crippen LogP contribution in [0.3, 0.4) is 0 Å². The summed E-state index contributed by atoms with van der Waals surface area (Å²) in [6.07, 6.45) is 0.0358. The third-order valence-corrected chi connectivity index (χ3v) is 6.01. The molecule has 0 aliphatic carbocycles. The zero-order chi connectivity index (χ0) is 20.5. The molecule has 0 radical (unpaired) electrons. The topological polar surface area (TPSA) is 115 Å². The van der Waals surface area contributed by atoms with Crippen LogP contribution in [0.5, 0.6) is 0 Å². The van der Waals surface area contributed by atoms with Crippen LogP contribution in [0.15, 0.2) is 40.4 Å². The second-order valence-corrected chi connectivity index (χ2v) is 7.74. The molecule has 1 aromatic carbocycles. The maximum Gasteiger partial charge on any atom is 0.379 e. The molecular formula is C18H14N4O5S2. The van der Waals surface area contributed by atoms with Crippen LogP contribution >= 0.6 is 24.0 Å². The number of thiocarbonyl (C=S) groups is 1. The van der Waals surface area contributed by atoms with Crippen molar-refractivity contribution in [2.75, 3.05) is 5.75 Å². The Labute approximate surface area is 174 Å². The van der Waals surface area contributed by atoms with Crippen molar-refractivity contribution in [1.29, 1.82) is 0 Å². The van der Waals surface area contributed by atoms with E-state index in [1.54, 1.807) is 31.2 Å². The van der Waals surface area contributed by atoms with E-state index in [-0.39, 0.29) is 22.9 Å². The summed E-state index contributed by atoms with van der Waals surface area (Å²) in [5.74, 6) is -1.13. The van der Waals surface area contributed by atoms with Gasteiger partial charge in [0, 0.05) is 12.7 Å². The van der Waals surface area contributed by atoms with E-state index >= 15 is 0 Å². The standard InChI is InChI=1S/C18H14N4O5S2/c1-9-19-20-15(26-9)11-8-29-17-14(28)16(24)22(17)13(11)18(25)27-21-12(23)7-10-5-3-2-4-6-10/h2-6,17H,7-8H2,1H3,(H,21,23)/t17-/m0/s1. The molecule has 1 atom stereocenters. The minimum atomic E-state index is -0.904. The molecule has 0 bridgehead atoms. The molecule has 1 saturated heterocycles. The molecular weight excluding hydrogens is 416 g/mol. The van der Waals surface area contributed by atoms with Crippen LogP contribution in [0, 0.1) is 6.92 Å². The van der Waals surface area contributed by atoms with E-state index in [2.05, 4.69) is 15.7 Å². The highest BCUT2D eigenvalue weighted by Gasteiger charge is 2.51. The average molecular weight is 430 g/mol. The van der Waals surface area contributed by atoms with Gasteiger partial charge in [0.25, 0.3) is 11.8 Å². The molecule has 11 heteroatoms. The Morgan fingerprint density at radius 1 is 1.34 bits per heavy atom. The Morgan fingerprint density at radius 2 is 2.10 bits per heavy atom. The summed E-state index contributed by atoms with van der Waals surface area (Å²) >= 11 is 6.44. The highest BCUT2D eigenvalue weighted by atomic mass is 32.2. The quantitative estimate of drug-likeness (QED) is 0.434. The number of carbonyl (C=O) groups is 3. The monoisotopic (exact) mass is 430 g/mol. The second kappa shape index (κ2) is 7.76. The predicted molar refractivity (Wildman–Crippen MR) is 106 cm³/mol. The summed E-state index contributed by atoms with van der Waals surface area (Å²) < 4.78 is 5.42. The van der Waals surface area contributed by atoms with E-state index in [9.17, 15) is 14.4 Å². The molecule has 148 valence electrons. The summed E-state index contributed by atoms with van der Waals surface area (Å²) in [5.41, 5.74) is 3.18. The van der Waals surface area contributed by atoms with Crippen LogP contribution < -0.4 is 5.48 Å². The summed E-state index contributed by atoms with van der Waals surface area (Å²) in [7, 11) is 0. The molecule has 9 nitrogen and oxygen atoms in total. The number of rotatable bonds is 4. The van der Waals surface area contributed by atoms with Crippen molar-refractivity contribution < 1.29 is 23.6 Å². The van der Waals surface area contributed by atoms with E-state index < -0.39 is 23.2 Å². The number of carbonyl (C=O) groups excluding carboxylic acids is 3. The zero-order valence-electron chi connectivity index (χ0n) is 15.1. The maximum absolute atomic E-state index is 12.8. The van der Waals surface area contributed by atoms with Crippen LogP contribution in [0.25, 0.3) is 5.57 Å². The lowest BCUT2D eigenvalue weighted by Crippen LogP contribution is -2.61. The number of aryl methyl sites for hydroxylation is 1. The van der Waals surface area contributed by atoms with Gasteiger partial charge in [-0.1, -0.05) is 42.5 Å². The fourth-order valence-corrected chi connectivity index (χ4v) is 4.49. The summed E-state index contributed by atoms with van der Waals surface area (Å²) in [5, 5.41) is 7.25. The van der Waals surface area contributed by atoms with Gasteiger partial charge in [-0.05, 0) is 5.56 Å². The molecule has 2 amide bonds. The van der Waals surface area contributed by atoms with Gasteiger partial charge >= 0.3 is 5.97 Å². The molecule has 1 aromatic heterocycles. The van der Waals surface area contributed by atoms with Gasteiger partial charge in [-0.25, -0.2) is 4.79 Å². The van der Waals surface area contributed by atoms with Crippen molar-refractivity contribution in [2.45, 2.75) is 18.7 Å². The zero-order valence-corrected chi connectivity index (χ0v) is 16.7. The van der Waals surface area contributed by atoms with Gasteiger partial charge in [0.1, 0.15) is 15.9 Å². The Hall–Kier alpha value is -3.05. The van der Waals surface area contributed by atoms with E-state index in [4.69, 9.17) is 21.5 Å². The number of thioether (sulfide) groups is 1. The van der Waals surface area contributed by atoms with Crippen LogP contribution in [0.4, 0.5) is 0 Å². The third-order valence-electron chi connectivity index (χ3n) is 4.24. The first-order chi connectivity index (χ1) is 14.0. The van der Waals surface area contributed by atoms with Crippen molar-refractivity contribution in [3.63, 3.8) is 0 Å². The summed E-state index contributed by atoms with van der Waals surface area (Å²) in [4.78, 5) is 43.5. The van der Waals surface area contributed by atoms with E-state index in [0.717, 1.165) is 5.56 Å². The molecule has 29 heavy (non-hydrogen) atoms. The van der Waals surface area contributed by atoms with Crippen LogP contribution in [-0.4, -0.2) is 48.9 Å². The fraction of sp³-hybridized carbons (Fsp3) is 0.222. The predicted octanol–water partition coefficient (Wildman–Crippen LogP) is 1.19. The molecule has 3 heterocycles. The first-order valence-corrected chi connectivity index (χ1v) is 9.98. The van der Waals surface area contributed by atoms with Crippen molar-refractivity contribution in [3.05, 3.63) is 53.4 Å². The number of amides is 2. The lowest BCUT2D eigenvalue weighted by molar-refractivity contribution is -0.156. The molecule has 2 aliphatic rings. The number of nitrogens with zero attached hydrogens (tertiary/aromatic N) is 3. The normalized spacial score (nSPS) is 18.2. The number of fused-ring (bicyclic) bond motifs is 1. The van der Waals surface area contributed by atoms with Crippen LogP contribution in [-0.2, 0) is 25.6 Å². The van der Waals surface area contributed by atoms with Gasteiger partial charge in [0.15, 0.2) is 0 Å². The minimum Gasteiger partial charge on any atom is -0.421 e. The lowest BCUT2D eigenvalue weighted by atomic mass is 10.1. The Balaban J connectivity index is 1.54. The third kappa shape index (κ3) is 3.66. The molecule has 0 unspecified atom stereocenters. The first-order valence-electron chi connectivity index (χ1n) is 8.52. The van der Waals surface area contributed by atoms with Gasteiger partial charge in [-0.3, -0.25) is 14.5 Å². The first kappa shape index (κ1) is 19.3. The molecule has 4 rings (SSSR count). The van der Waals surface area contributed by atoms with Gasteiger partial charge < -0.3 is 9.25 Å². The van der Waals surface area contributed by atoms with Gasteiger partial charge in [-0.15, -0.1) is 22.0 Å². The average Bonchev–Trinajstić information content (AvgIpc) is 3.17. The number of benzene rings is 1. The van der Waals surface area contributed by atoms with E-state index in [0.29, 0.717) is 17.2 Å². The highest BCUT2D eigenvalue weighted by Crippen LogP contribution is 2.41. The van der Waals surface area contributed by atoms with Crippen molar-refractivity contribution in [2.24, 2.45) is 0 Å². The lowest BCUT2D eigenvalue weighted by Gasteiger charge is -2.43. The van der Waals surface area contributed by atoms with Gasteiger partial charge in [0.2, 0.25) is 11.8 Å². The smallest absolute Gasteiger partial charge is 0.379 e. The Morgan fingerprint density at radius 3 is 2.79 bits per heavy atom. The fourth-order valence-electron chi connectivity index (χ4n) is 2.90. The molecule has 2 aromatic rings. The maximum atomic E-state index is 12.8. The number of β-lactam (4-membered cyclic amide) rings is 1. The summed E-state index contributed by atoms with van der Waals surface area (Å²) in [6.45, 7) is 1.61. The van der Waals surface area contributed by atoms with Crippen LogP contribution in [0.2, 0.25) is 0 Å². The summed E-state index contributed by atoms with van der Waals surface area (Å²) in [6, 6.07) is 9.00. The van der Waals surface area contributed by atoms with Crippen molar-refractivity contribution in [1.82, 2.24) is 20.6 Å². The molecule has 1 N–H and O–H groups in total. The molecule has 0 saturated carbocycles. The SMILES string of the molecule is Cc1nnc(C2=C(C(=O)ONC(=O)Cc3ccccc3)N3C(=O)C(=S)[C@@H]3SC2)o1. The minimum absolute atomic E-state index is 0.0358. The van der Waals surface area contributed by atoms with Gasteiger partial charge in [-0.2, -0.15) is 5.48 Å². The van der Waals surface area contributed by atoms with E-state index in [1.807, 2.05) is 6.07 Å². The number of hydroxylamine groups is 1. The van der Waals surface area contributed by atoms with E-state index in [1.165, 1.54) is 16.7 Å². The molecule has 2 aliphatic heterocycles. The Kier molecular flexibility index (Phi) is 5.16. The number of hydrogen-bond acceptors (Lipinski definition) is 9. The second-order valence-electron chi connectivity index (χ2n) is 6.23. The highest BCUT2D eigenvalue weighted by molar-refractivity contribution is 8.02. The van der Waals surface area contributed by atoms with Crippen molar-refractivity contribution >= 4 is 52.2 Å². The molecule has 0 spiro atoms. The number of aromatic nitrogens is 2. The van der Waals surface area contributed by atoms with Crippen LogP contribution in [0.1, 0.15) is 17.3 Å². The van der Waals surface area contributed by atoms with Crippen molar-refractivity contribution in [3.8, 4) is 0 Å². The number of nitrogens with one attached hydrogen (secondary N) is 1. The van der Waals surface area contributed by atoms with Gasteiger partial charge in [0.05, 0.1) is 12.0 Å².